The Morgan fingerprint density at radius 2 is 2.10 bits per heavy atom. The maximum Gasteiger partial charge on any atom is 0.181 e. The van der Waals surface area contributed by atoms with Crippen molar-refractivity contribution in [2.45, 2.75) is 26.8 Å². The second-order valence-corrected chi connectivity index (χ2v) is 7.13. The summed E-state index contributed by atoms with van der Waals surface area (Å²) in [5, 5.41) is 0. The van der Waals surface area contributed by atoms with Crippen LogP contribution < -0.4 is 0 Å². The van der Waals surface area contributed by atoms with E-state index in [2.05, 4.69) is 21.5 Å². The van der Waals surface area contributed by atoms with Crippen LogP contribution in [0, 0.1) is 0 Å². The third-order valence-electron chi connectivity index (χ3n) is 2.96. The van der Waals surface area contributed by atoms with Crippen molar-refractivity contribution in [3.8, 4) is 0 Å². The molecule has 2 heterocycles. The lowest BCUT2D eigenvalue weighted by Gasteiger charge is -2.07. The molecule has 0 unspecified atom stereocenters. The number of nitrogens with zero attached hydrogens (tertiary/aromatic N) is 4. The summed E-state index contributed by atoms with van der Waals surface area (Å²) in [5.41, 5.74) is 3.04. The van der Waals surface area contributed by atoms with Crippen LogP contribution in [0.3, 0.4) is 0 Å². The van der Waals surface area contributed by atoms with Gasteiger partial charge in [-0.05, 0) is 18.9 Å². The summed E-state index contributed by atoms with van der Waals surface area (Å²) in [4.78, 5) is 13.1. The first-order valence-electron chi connectivity index (χ1n) is 6.37. The van der Waals surface area contributed by atoms with Crippen LogP contribution in [-0.2, 0) is 22.8 Å². The van der Waals surface area contributed by atoms with E-state index in [-0.39, 0.29) is 5.75 Å². The van der Waals surface area contributed by atoms with Crippen LogP contribution >= 0.6 is 0 Å². The molecule has 0 bridgehead atoms. The summed E-state index contributed by atoms with van der Waals surface area (Å²) >= 11 is 0. The molecule has 0 spiro atoms. The Morgan fingerprint density at radius 1 is 1.40 bits per heavy atom. The Balaban J connectivity index is 2.51. The SMILES string of the molecule is C=C(C)c1nc(CC)c2c(ncn2CCS(C)(=O)=O)n1. The third kappa shape index (κ3) is 3.04. The zero-order valence-corrected chi connectivity index (χ0v) is 12.7. The molecular formula is C13H18N4O2S. The number of imidazole rings is 1. The summed E-state index contributed by atoms with van der Waals surface area (Å²) < 4.78 is 24.4. The number of aromatic nitrogens is 4. The van der Waals surface area contributed by atoms with Gasteiger partial charge >= 0.3 is 0 Å². The number of hydrogen-bond acceptors (Lipinski definition) is 5. The predicted octanol–water partition coefficient (Wildman–Crippen LogP) is 1.47. The van der Waals surface area contributed by atoms with Gasteiger partial charge in [-0.25, -0.2) is 23.4 Å². The molecular weight excluding hydrogens is 276 g/mol. The van der Waals surface area contributed by atoms with Gasteiger partial charge < -0.3 is 4.57 Å². The Labute approximate surface area is 118 Å². The lowest BCUT2D eigenvalue weighted by atomic mass is 10.2. The molecule has 0 aliphatic rings. The van der Waals surface area contributed by atoms with Crippen molar-refractivity contribution in [3.63, 3.8) is 0 Å². The van der Waals surface area contributed by atoms with Gasteiger partial charge in [0.05, 0.1) is 17.8 Å². The van der Waals surface area contributed by atoms with Crippen LogP contribution in [0.1, 0.15) is 25.4 Å². The lowest BCUT2D eigenvalue weighted by Crippen LogP contribution is -2.11. The van der Waals surface area contributed by atoms with Crippen LogP contribution in [0.4, 0.5) is 0 Å². The molecule has 108 valence electrons. The summed E-state index contributed by atoms with van der Waals surface area (Å²) in [6, 6.07) is 0. The lowest BCUT2D eigenvalue weighted by molar-refractivity contribution is 0.595. The van der Waals surface area contributed by atoms with Gasteiger partial charge in [0.15, 0.2) is 11.5 Å². The van der Waals surface area contributed by atoms with Crippen LogP contribution in [-0.4, -0.2) is 39.9 Å². The number of sulfone groups is 1. The molecule has 0 aromatic carbocycles. The first-order valence-corrected chi connectivity index (χ1v) is 8.43. The van der Waals surface area contributed by atoms with Crippen molar-refractivity contribution < 1.29 is 8.42 Å². The molecule has 0 radical (unpaired) electrons. The van der Waals surface area contributed by atoms with Crippen LogP contribution in [0.2, 0.25) is 0 Å². The molecule has 0 saturated heterocycles. The Morgan fingerprint density at radius 3 is 2.65 bits per heavy atom. The highest BCUT2D eigenvalue weighted by Crippen LogP contribution is 2.18. The van der Waals surface area contributed by atoms with Gasteiger partial charge in [-0.3, -0.25) is 0 Å². The molecule has 0 aliphatic heterocycles. The molecule has 0 fully saturated rings. The van der Waals surface area contributed by atoms with Crippen molar-refractivity contribution in [1.29, 1.82) is 0 Å². The maximum absolute atomic E-state index is 11.3. The van der Waals surface area contributed by atoms with Gasteiger partial charge in [-0.2, -0.15) is 0 Å². The summed E-state index contributed by atoms with van der Waals surface area (Å²) in [6.45, 7) is 8.05. The molecule has 0 atom stereocenters. The summed E-state index contributed by atoms with van der Waals surface area (Å²) in [7, 11) is -3.01. The molecule has 0 amide bonds. The molecule has 0 saturated carbocycles. The smallest absolute Gasteiger partial charge is 0.181 e. The van der Waals surface area contributed by atoms with Crippen LogP contribution in [0.15, 0.2) is 12.9 Å². The monoisotopic (exact) mass is 294 g/mol. The average molecular weight is 294 g/mol. The van der Waals surface area contributed by atoms with Crippen molar-refractivity contribution >= 4 is 26.6 Å². The largest absolute Gasteiger partial charge is 0.327 e. The Kier molecular flexibility index (Phi) is 3.89. The maximum atomic E-state index is 11.3. The van der Waals surface area contributed by atoms with E-state index in [0.717, 1.165) is 23.2 Å². The first kappa shape index (κ1) is 14.6. The Bertz CT molecular complexity index is 762. The van der Waals surface area contributed by atoms with Crippen LogP contribution in [0.25, 0.3) is 16.7 Å². The first-order chi connectivity index (χ1) is 9.31. The highest BCUT2D eigenvalue weighted by atomic mass is 32.2. The standard InChI is InChI=1S/C13H18N4O2S/c1-5-10-11-13(16-12(15-10)9(2)3)14-8-17(11)6-7-20(4,18)19/h8H,2,5-7H2,1,3-4H3. The van der Waals surface area contributed by atoms with Crippen molar-refractivity contribution in [2.75, 3.05) is 12.0 Å². The molecule has 0 aliphatic carbocycles. The number of aryl methyl sites for hydroxylation is 2. The van der Waals surface area contributed by atoms with Crippen LogP contribution in [0.5, 0.6) is 0 Å². The van der Waals surface area contributed by atoms with E-state index in [4.69, 9.17) is 0 Å². The normalized spacial score (nSPS) is 11.9. The molecule has 2 aromatic rings. The quantitative estimate of drug-likeness (QED) is 0.834. The zero-order chi connectivity index (χ0) is 14.9. The van der Waals surface area contributed by atoms with E-state index in [1.54, 1.807) is 10.9 Å². The fourth-order valence-corrected chi connectivity index (χ4v) is 2.45. The highest BCUT2D eigenvalue weighted by molar-refractivity contribution is 7.90. The minimum atomic E-state index is -3.01. The van der Waals surface area contributed by atoms with Gasteiger partial charge in [0, 0.05) is 12.8 Å². The minimum Gasteiger partial charge on any atom is -0.327 e. The van der Waals surface area contributed by atoms with E-state index >= 15 is 0 Å². The average Bonchev–Trinajstić information content (AvgIpc) is 2.77. The molecule has 6 nitrogen and oxygen atoms in total. The topological polar surface area (TPSA) is 77.7 Å². The van der Waals surface area contributed by atoms with E-state index < -0.39 is 9.84 Å². The molecule has 7 heteroatoms. The van der Waals surface area contributed by atoms with E-state index in [9.17, 15) is 8.42 Å². The number of rotatable bonds is 5. The van der Waals surface area contributed by atoms with Gasteiger partial charge in [0.25, 0.3) is 0 Å². The van der Waals surface area contributed by atoms with E-state index in [0.29, 0.717) is 18.0 Å². The molecule has 20 heavy (non-hydrogen) atoms. The highest BCUT2D eigenvalue weighted by Gasteiger charge is 2.14. The second kappa shape index (κ2) is 5.32. The van der Waals surface area contributed by atoms with Crippen molar-refractivity contribution in [2.24, 2.45) is 0 Å². The fourth-order valence-electron chi connectivity index (χ4n) is 1.93. The minimum absolute atomic E-state index is 0.0733. The van der Waals surface area contributed by atoms with Crippen molar-refractivity contribution in [3.05, 3.63) is 24.4 Å². The predicted molar refractivity (Wildman–Crippen MR) is 79.1 cm³/mol. The Hall–Kier alpha value is -1.76. The summed E-state index contributed by atoms with van der Waals surface area (Å²) in [6.07, 6.45) is 3.57. The number of allylic oxidation sites excluding steroid dienone is 1. The van der Waals surface area contributed by atoms with E-state index in [1.165, 1.54) is 6.26 Å². The van der Waals surface area contributed by atoms with Gasteiger partial charge in [-0.1, -0.05) is 13.5 Å². The number of hydrogen-bond donors (Lipinski definition) is 0. The summed E-state index contributed by atoms with van der Waals surface area (Å²) in [5.74, 6) is 0.659. The molecule has 2 rings (SSSR count). The number of fused-ring (bicyclic) bond motifs is 1. The van der Waals surface area contributed by atoms with Crippen molar-refractivity contribution in [1.82, 2.24) is 19.5 Å². The van der Waals surface area contributed by atoms with Gasteiger partial charge in [0.2, 0.25) is 0 Å². The fraction of sp³-hybridized carbons (Fsp3) is 0.462. The molecule has 0 N–H and O–H groups in total. The van der Waals surface area contributed by atoms with Gasteiger partial charge in [-0.15, -0.1) is 0 Å². The zero-order valence-electron chi connectivity index (χ0n) is 11.9. The van der Waals surface area contributed by atoms with E-state index in [1.807, 2.05) is 13.8 Å². The third-order valence-corrected chi connectivity index (χ3v) is 3.89. The van der Waals surface area contributed by atoms with Gasteiger partial charge in [0.1, 0.15) is 15.4 Å². The molecule has 2 aromatic heterocycles. The second-order valence-electron chi connectivity index (χ2n) is 4.87.